The van der Waals surface area contributed by atoms with E-state index in [0.29, 0.717) is 30.9 Å². The van der Waals surface area contributed by atoms with E-state index in [-0.39, 0.29) is 18.2 Å². The maximum atomic E-state index is 12.4. The molecule has 0 saturated carbocycles. The van der Waals surface area contributed by atoms with Crippen molar-refractivity contribution in [2.45, 2.75) is 26.7 Å². The second-order valence-electron chi connectivity index (χ2n) is 9.63. The van der Waals surface area contributed by atoms with Crippen LogP contribution in [0, 0.1) is 0 Å². The summed E-state index contributed by atoms with van der Waals surface area (Å²) in [6.07, 6.45) is 0. The Balaban J connectivity index is 1.35. The Morgan fingerprint density at radius 1 is 0.805 bits per heavy atom. The first-order valence-electron chi connectivity index (χ1n) is 13.4. The average molecular weight is 546 g/mol. The van der Waals surface area contributed by atoms with Crippen molar-refractivity contribution in [3.8, 4) is 5.88 Å². The Bertz CT molecular complexity index is 1610. The number of aromatic hydroxyl groups is 1. The van der Waals surface area contributed by atoms with E-state index in [1.807, 2.05) is 91.0 Å². The van der Waals surface area contributed by atoms with Gasteiger partial charge in [-0.15, -0.1) is 10.2 Å². The summed E-state index contributed by atoms with van der Waals surface area (Å²) in [5.41, 5.74) is 4.89. The summed E-state index contributed by atoms with van der Waals surface area (Å²) in [7, 11) is 0. The van der Waals surface area contributed by atoms with Crippen LogP contribution in [0.15, 0.2) is 131 Å². The molecule has 0 bridgehead atoms. The number of amides is 1. The van der Waals surface area contributed by atoms with E-state index in [1.54, 1.807) is 11.5 Å². The molecule has 1 N–H and O–H groups in total. The van der Waals surface area contributed by atoms with Crippen molar-refractivity contribution in [3.05, 3.63) is 132 Å². The molecule has 0 aliphatic heterocycles. The van der Waals surface area contributed by atoms with Gasteiger partial charge in [-0.2, -0.15) is 0 Å². The van der Waals surface area contributed by atoms with Crippen molar-refractivity contribution < 1.29 is 14.7 Å². The monoisotopic (exact) mass is 545 g/mol. The maximum Gasteiger partial charge on any atom is 0.304 e. The van der Waals surface area contributed by atoms with Crippen LogP contribution in [0.5, 0.6) is 5.88 Å². The lowest BCUT2D eigenvalue weighted by Gasteiger charge is -2.24. The first kappa shape index (κ1) is 27.5. The van der Waals surface area contributed by atoms with Gasteiger partial charge in [-0.3, -0.25) is 14.3 Å². The Hall–Kier alpha value is -5.08. The third kappa shape index (κ3) is 7.12. The second-order valence-corrected chi connectivity index (χ2v) is 9.63. The lowest BCUT2D eigenvalue weighted by molar-refractivity contribution is -0.122. The van der Waals surface area contributed by atoms with Gasteiger partial charge in [0.1, 0.15) is 0 Å². The van der Waals surface area contributed by atoms with E-state index in [2.05, 4.69) is 44.5 Å². The number of hydrogen-bond acceptors (Lipinski definition) is 6. The Kier molecular flexibility index (Phi) is 8.93. The number of benzene rings is 4. The highest BCUT2D eigenvalue weighted by Crippen LogP contribution is 2.39. The minimum absolute atomic E-state index is 0.0623. The van der Waals surface area contributed by atoms with Gasteiger partial charge < -0.3 is 9.94 Å². The standard InChI is InChI=1S/C33H31N5O3/c1-25(28-17-9-4-10-18-28)36-41-23-31(39)34-35-32-29-19-11-12-20-30(29)38(33(32)40)24-37(21-26-13-5-2-6-14-26)22-27-15-7-3-8-16-27/h2-20,40H,21-24H2,1H3. The Morgan fingerprint density at radius 2 is 1.37 bits per heavy atom. The van der Waals surface area contributed by atoms with Gasteiger partial charge in [0.15, 0.2) is 12.3 Å². The van der Waals surface area contributed by atoms with E-state index in [1.165, 1.54) is 0 Å². The van der Waals surface area contributed by atoms with Crippen LogP contribution in [-0.2, 0) is 29.4 Å². The van der Waals surface area contributed by atoms with E-state index >= 15 is 0 Å². The molecule has 8 nitrogen and oxygen atoms in total. The molecule has 0 spiro atoms. The molecule has 206 valence electrons. The molecule has 41 heavy (non-hydrogen) atoms. The number of carbonyl (C=O) groups is 1. The minimum atomic E-state index is -0.611. The van der Waals surface area contributed by atoms with Crippen LogP contribution >= 0.6 is 0 Å². The highest BCUT2D eigenvalue weighted by Gasteiger charge is 2.19. The number of hydrogen-bond donors (Lipinski definition) is 1. The fourth-order valence-corrected chi connectivity index (χ4v) is 4.60. The zero-order valence-corrected chi connectivity index (χ0v) is 22.8. The summed E-state index contributed by atoms with van der Waals surface area (Å²) in [4.78, 5) is 19.9. The zero-order valence-electron chi connectivity index (χ0n) is 22.8. The SMILES string of the molecule is CC(=NOCC(=O)N=Nc1c(O)n(CN(Cc2ccccc2)Cc2ccccc2)c2ccccc12)c1ccccc1. The largest absolute Gasteiger partial charge is 0.493 e. The van der Waals surface area contributed by atoms with E-state index < -0.39 is 5.91 Å². The Labute approximate surface area is 238 Å². The second kappa shape index (κ2) is 13.3. The van der Waals surface area contributed by atoms with Crippen molar-refractivity contribution in [1.29, 1.82) is 0 Å². The minimum Gasteiger partial charge on any atom is -0.493 e. The van der Waals surface area contributed by atoms with Crippen molar-refractivity contribution in [1.82, 2.24) is 9.47 Å². The van der Waals surface area contributed by atoms with Gasteiger partial charge in [-0.05, 0) is 29.7 Å². The molecule has 0 aliphatic carbocycles. The lowest BCUT2D eigenvalue weighted by Crippen LogP contribution is -2.25. The summed E-state index contributed by atoms with van der Waals surface area (Å²) >= 11 is 0. The molecule has 1 heterocycles. The van der Waals surface area contributed by atoms with E-state index in [0.717, 1.165) is 22.2 Å². The predicted octanol–water partition coefficient (Wildman–Crippen LogP) is 7.06. The van der Waals surface area contributed by atoms with Crippen LogP contribution in [0.2, 0.25) is 0 Å². The molecule has 0 radical (unpaired) electrons. The molecule has 5 rings (SSSR count). The summed E-state index contributed by atoms with van der Waals surface area (Å²) in [6, 6.07) is 37.5. The number of nitrogens with zero attached hydrogens (tertiary/aromatic N) is 5. The van der Waals surface area contributed by atoms with Gasteiger partial charge >= 0.3 is 5.91 Å². The molecule has 0 saturated heterocycles. The number of para-hydroxylation sites is 1. The first-order valence-corrected chi connectivity index (χ1v) is 13.4. The molecule has 5 aromatic rings. The summed E-state index contributed by atoms with van der Waals surface area (Å²) < 4.78 is 1.80. The fraction of sp³-hybridized carbons (Fsp3) is 0.152. The number of aromatic nitrogens is 1. The molecule has 1 aromatic heterocycles. The third-order valence-electron chi connectivity index (χ3n) is 6.60. The van der Waals surface area contributed by atoms with Crippen LogP contribution in [0.4, 0.5) is 5.69 Å². The summed E-state index contributed by atoms with van der Waals surface area (Å²) in [5.74, 6) is -0.673. The highest BCUT2D eigenvalue weighted by molar-refractivity contribution is 5.98. The smallest absolute Gasteiger partial charge is 0.304 e. The molecule has 0 unspecified atom stereocenters. The molecule has 1 amide bonds. The normalized spacial score (nSPS) is 11.9. The number of azo groups is 1. The summed E-state index contributed by atoms with van der Waals surface area (Å²) in [5, 5.41) is 23.9. The molecule has 4 aromatic carbocycles. The third-order valence-corrected chi connectivity index (χ3v) is 6.60. The van der Waals surface area contributed by atoms with Gasteiger partial charge in [0.2, 0.25) is 5.88 Å². The van der Waals surface area contributed by atoms with Crippen LogP contribution in [0.25, 0.3) is 10.9 Å². The van der Waals surface area contributed by atoms with E-state index in [9.17, 15) is 9.90 Å². The molecule has 0 aliphatic rings. The fourth-order valence-electron chi connectivity index (χ4n) is 4.60. The molecule has 8 heteroatoms. The van der Waals surface area contributed by atoms with Gasteiger partial charge in [0.05, 0.1) is 17.9 Å². The van der Waals surface area contributed by atoms with E-state index in [4.69, 9.17) is 4.84 Å². The van der Waals surface area contributed by atoms with Gasteiger partial charge in [0.25, 0.3) is 0 Å². The number of rotatable bonds is 11. The van der Waals surface area contributed by atoms with Crippen molar-refractivity contribution in [2.24, 2.45) is 15.4 Å². The first-order chi connectivity index (χ1) is 20.1. The van der Waals surface area contributed by atoms with Crippen LogP contribution in [0.3, 0.4) is 0 Å². The molecule has 0 fully saturated rings. The predicted molar refractivity (Wildman–Crippen MR) is 160 cm³/mol. The van der Waals surface area contributed by atoms with Crippen molar-refractivity contribution in [2.75, 3.05) is 6.61 Å². The van der Waals surface area contributed by atoms with Crippen LogP contribution in [0.1, 0.15) is 23.6 Å². The molecular weight excluding hydrogens is 514 g/mol. The number of oxime groups is 1. The van der Waals surface area contributed by atoms with Gasteiger partial charge in [-0.25, -0.2) is 0 Å². The number of fused-ring (bicyclic) bond motifs is 1. The zero-order chi connectivity index (χ0) is 28.4. The average Bonchev–Trinajstić information content (AvgIpc) is 3.27. The highest BCUT2D eigenvalue weighted by atomic mass is 16.6. The number of carbonyl (C=O) groups excluding carboxylic acids is 1. The maximum absolute atomic E-state index is 12.4. The molecular formula is C33H31N5O3. The molecule has 0 atom stereocenters. The quantitative estimate of drug-likeness (QED) is 0.109. The van der Waals surface area contributed by atoms with Crippen molar-refractivity contribution >= 4 is 28.2 Å². The van der Waals surface area contributed by atoms with Crippen LogP contribution < -0.4 is 0 Å². The Morgan fingerprint density at radius 3 is 2.00 bits per heavy atom. The van der Waals surface area contributed by atoms with Crippen molar-refractivity contribution in [3.63, 3.8) is 0 Å². The topological polar surface area (TPSA) is 91.8 Å². The summed E-state index contributed by atoms with van der Waals surface area (Å²) in [6.45, 7) is 3.19. The van der Waals surface area contributed by atoms with Gasteiger partial charge in [-0.1, -0.05) is 114 Å². The van der Waals surface area contributed by atoms with Crippen LogP contribution in [-0.4, -0.2) is 32.8 Å². The lowest BCUT2D eigenvalue weighted by atomic mass is 10.1. The van der Waals surface area contributed by atoms with Gasteiger partial charge in [0, 0.05) is 18.5 Å².